The second-order valence-electron chi connectivity index (χ2n) is 3.79. The molecule has 1 saturated heterocycles. The molecule has 0 aromatic carbocycles. The summed E-state index contributed by atoms with van der Waals surface area (Å²) in [6.07, 6.45) is 2.32. The minimum atomic E-state index is -0.393. The van der Waals surface area contributed by atoms with Gasteiger partial charge in [0.15, 0.2) is 0 Å². The molecule has 1 unspecified atom stereocenters. The summed E-state index contributed by atoms with van der Waals surface area (Å²) in [7, 11) is 0. The van der Waals surface area contributed by atoms with Crippen LogP contribution in [-0.4, -0.2) is 16.2 Å². The maximum absolute atomic E-state index is 11.6. The Bertz CT molecular complexity index is 423. The lowest BCUT2D eigenvalue weighted by Crippen LogP contribution is -2.40. The molecule has 1 atom stereocenters. The van der Waals surface area contributed by atoms with Crippen molar-refractivity contribution in [1.29, 1.82) is 0 Å². The first kappa shape index (κ1) is 10.2. The molecular weight excluding hydrogens is 196 g/mol. The van der Waals surface area contributed by atoms with Crippen molar-refractivity contribution in [2.24, 2.45) is 0 Å². The van der Waals surface area contributed by atoms with E-state index >= 15 is 0 Å². The predicted octanol–water partition coefficient (Wildman–Crippen LogP) is 0.544. The number of aryl methyl sites for hydroxylation is 1. The molecule has 82 valence electrons. The van der Waals surface area contributed by atoms with E-state index in [9.17, 15) is 9.59 Å². The van der Waals surface area contributed by atoms with Crippen molar-refractivity contribution in [3.8, 4) is 0 Å². The van der Waals surface area contributed by atoms with E-state index in [4.69, 9.17) is 4.74 Å². The number of ether oxygens (including phenoxy) is 1. The highest BCUT2D eigenvalue weighted by Gasteiger charge is 2.18. The summed E-state index contributed by atoms with van der Waals surface area (Å²) < 4.78 is 6.57. The van der Waals surface area contributed by atoms with Gasteiger partial charge in [0.1, 0.15) is 6.23 Å². The summed E-state index contributed by atoms with van der Waals surface area (Å²) in [6, 6.07) is 1.42. The number of aromatic nitrogens is 2. The summed E-state index contributed by atoms with van der Waals surface area (Å²) in [5, 5.41) is 0. The van der Waals surface area contributed by atoms with Gasteiger partial charge in [0, 0.05) is 18.4 Å². The molecule has 1 aliphatic rings. The monoisotopic (exact) mass is 210 g/mol. The number of hydrogen-bond donors (Lipinski definition) is 1. The Hall–Kier alpha value is -1.36. The van der Waals surface area contributed by atoms with Crippen LogP contribution < -0.4 is 11.2 Å². The third-order valence-electron chi connectivity index (χ3n) is 2.54. The zero-order valence-corrected chi connectivity index (χ0v) is 8.66. The second-order valence-corrected chi connectivity index (χ2v) is 3.79. The van der Waals surface area contributed by atoms with Crippen LogP contribution in [0.4, 0.5) is 0 Å². The molecule has 0 bridgehead atoms. The summed E-state index contributed by atoms with van der Waals surface area (Å²) in [6.45, 7) is 2.30. The largest absolute Gasteiger partial charge is 0.358 e. The van der Waals surface area contributed by atoms with Gasteiger partial charge in [-0.05, 0) is 26.2 Å². The van der Waals surface area contributed by atoms with Crippen LogP contribution in [0.25, 0.3) is 0 Å². The maximum atomic E-state index is 11.6. The zero-order valence-electron chi connectivity index (χ0n) is 8.66. The van der Waals surface area contributed by atoms with Gasteiger partial charge in [0.05, 0.1) is 0 Å². The van der Waals surface area contributed by atoms with E-state index in [1.54, 1.807) is 6.92 Å². The number of nitrogens with one attached hydrogen (secondary N) is 1. The molecule has 0 radical (unpaired) electrons. The van der Waals surface area contributed by atoms with Gasteiger partial charge < -0.3 is 9.72 Å². The highest BCUT2D eigenvalue weighted by Crippen LogP contribution is 2.19. The minimum absolute atomic E-state index is 0.289. The maximum Gasteiger partial charge on any atom is 0.330 e. The molecule has 1 aliphatic heterocycles. The summed E-state index contributed by atoms with van der Waals surface area (Å²) >= 11 is 0. The van der Waals surface area contributed by atoms with Gasteiger partial charge >= 0.3 is 5.69 Å². The zero-order chi connectivity index (χ0) is 10.8. The van der Waals surface area contributed by atoms with Gasteiger partial charge in [-0.25, -0.2) is 9.36 Å². The van der Waals surface area contributed by atoms with Gasteiger partial charge in [-0.2, -0.15) is 0 Å². The van der Waals surface area contributed by atoms with Crippen LogP contribution in [0.5, 0.6) is 0 Å². The molecule has 1 aromatic rings. The fourth-order valence-corrected chi connectivity index (χ4v) is 1.82. The molecule has 15 heavy (non-hydrogen) atoms. The quantitative estimate of drug-likeness (QED) is 0.736. The molecule has 0 saturated carbocycles. The highest BCUT2D eigenvalue weighted by molar-refractivity contribution is 4.97. The highest BCUT2D eigenvalue weighted by atomic mass is 16.5. The molecule has 1 aromatic heterocycles. The van der Waals surface area contributed by atoms with E-state index in [2.05, 4.69) is 4.98 Å². The first-order valence-corrected chi connectivity index (χ1v) is 5.12. The Morgan fingerprint density at radius 1 is 1.47 bits per heavy atom. The van der Waals surface area contributed by atoms with Crippen LogP contribution in [0.2, 0.25) is 0 Å². The van der Waals surface area contributed by atoms with E-state index in [0.717, 1.165) is 23.8 Å². The van der Waals surface area contributed by atoms with E-state index in [1.165, 1.54) is 6.07 Å². The Labute approximate surface area is 86.7 Å². The first-order valence-electron chi connectivity index (χ1n) is 5.12. The second kappa shape index (κ2) is 4.02. The SMILES string of the molecule is Cc1cc(=O)n(C2CCCCO2)c(=O)[nH]1. The van der Waals surface area contributed by atoms with E-state index in [1.807, 2.05) is 0 Å². The topological polar surface area (TPSA) is 64.1 Å². The average Bonchev–Trinajstić information content (AvgIpc) is 2.17. The normalized spacial score (nSPS) is 21.5. The summed E-state index contributed by atoms with van der Waals surface area (Å²) in [4.78, 5) is 25.8. The molecule has 0 amide bonds. The van der Waals surface area contributed by atoms with Crippen molar-refractivity contribution in [1.82, 2.24) is 9.55 Å². The Balaban J connectivity index is 2.43. The molecule has 1 fully saturated rings. The third kappa shape index (κ3) is 2.02. The predicted molar refractivity (Wildman–Crippen MR) is 54.9 cm³/mol. The minimum Gasteiger partial charge on any atom is -0.358 e. The molecule has 0 spiro atoms. The molecule has 1 N–H and O–H groups in total. The van der Waals surface area contributed by atoms with Crippen molar-refractivity contribution in [3.63, 3.8) is 0 Å². The van der Waals surface area contributed by atoms with E-state index in [-0.39, 0.29) is 11.2 Å². The summed E-state index contributed by atoms with van der Waals surface area (Å²) in [5.41, 5.74) is -0.0906. The fourth-order valence-electron chi connectivity index (χ4n) is 1.82. The van der Waals surface area contributed by atoms with Crippen LogP contribution >= 0.6 is 0 Å². The van der Waals surface area contributed by atoms with Gasteiger partial charge in [-0.3, -0.25) is 4.79 Å². The van der Waals surface area contributed by atoms with E-state index in [0.29, 0.717) is 12.3 Å². The van der Waals surface area contributed by atoms with Gasteiger partial charge in [-0.15, -0.1) is 0 Å². The van der Waals surface area contributed by atoms with E-state index < -0.39 is 6.23 Å². The smallest absolute Gasteiger partial charge is 0.330 e. The Kier molecular flexibility index (Phi) is 2.73. The lowest BCUT2D eigenvalue weighted by Gasteiger charge is -2.23. The number of aromatic amines is 1. The molecular formula is C10H14N2O3. The van der Waals surface area contributed by atoms with Crippen LogP contribution in [0.1, 0.15) is 31.2 Å². The number of H-pyrrole nitrogens is 1. The first-order chi connectivity index (χ1) is 7.18. The van der Waals surface area contributed by atoms with Crippen LogP contribution in [-0.2, 0) is 4.74 Å². The standard InChI is InChI=1S/C10H14N2O3/c1-7-6-8(13)12(10(14)11-7)9-4-2-3-5-15-9/h6,9H,2-5H2,1H3,(H,11,14). The molecule has 5 nitrogen and oxygen atoms in total. The van der Waals surface area contributed by atoms with Gasteiger partial charge in [0.2, 0.25) is 0 Å². The molecule has 2 heterocycles. The lowest BCUT2D eigenvalue weighted by atomic mass is 10.2. The van der Waals surface area contributed by atoms with Gasteiger partial charge in [-0.1, -0.05) is 0 Å². The van der Waals surface area contributed by atoms with Crippen LogP contribution in [0, 0.1) is 6.92 Å². The molecule has 0 aliphatic carbocycles. The third-order valence-corrected chi connectivity index (χ3v) is 2.54. The van der Waals surface area contributed by atoms with Crippen molar-refractivity contribution in [2.75, 3.05) is 6.61 Å². The lowest BCUT2D eigenvalue weighted by molar-refractivity contribution is -0.0367. The number of hydrogen-bond acceptors (Lipinski definition) is 3. The Morgan fingerprint density at radius 2 is 2.27 bits per heavy atom. The van der Waals surface area contributed by atoms with Gasteiger partial charge in [0.25, 0.3) is 5.56 Å². The molecule has 5 heteroatoms. The van der Waals surface area contributed by atoms with Crippen molar-refractivity contribution < 1.29 is 4.74 Å². The Morgan fingerprint density at radius 3 is 2.87 bits per heavy atom. The fraction of sp³-hybridized carbons (Fsp3) is 0.600. The summed E-state index contributed by atoms with van der Waals surface area (Å²) in [5.74, 6) is 0. The number of rotatable bonds is 1. The van der Waals surface area contributed by atoms with Crippen molar-refractivity contribution in [2.45, 2.75) is 32.4 Å². The van der Waals surface area contributed by atoms with Crippen LogP contribution in [0.3, 0.4) is 0 Å². The van der Waals surface area contributed by atoms with Crippen LogP contribution in [0.15, 0.2) is 15.7 Å². The number of nitrogens with zero attached hydrogens (tertiary/aromatic N) is 1. The van der Waals surface area contributed by atoms with Crippen molar-refractivity contribution >= 4 is 0 Å². The van der Waals surface area contributed by atoms with Crippen molar-refractivity contribution in [3.05, 3.63) is 32.6 Å². The average molecular weight is 210 g/mol. The molecule has 2 rings (SSSR count).